The van der Waals surface area contributed by atoms with Gasteiger partial charge in [-0.15, -0.1) is 0 Å². The second-order valence-electron chi connectivity index (χ2n) is 7.78. The van der Waals surface area contributed by atoms with Gasteiger partial charge in [-0.3, -0.25) is 14.9 Å². The second kappa shape index (κ2) is 7.05. The number of anilines is 2. The Hall–Kier alpha value is -3.46. The number of nitrogens with zero attached hydrogens (tertiary/aromatic N) is 2. The maximum absolute atomic E-state index is 14.7. The number of urea groups is 1. The Morgan fingerprint density at radius 1 is 1.16 bits per heavy atom. The fourth-order valence-electron chi connectivity index (χ4n) is 4.79. The largest absolute Gasteiger partial charge is 0.497 e. The van der Waals surface area contributed by atoms with Crippen molar-refractivity contribution in [3.05, 3.63) is 53.8 Å². The molecule has 0 aromatic heterocycles. The molecule has 1 N–H and O–H groups in total. The Bertz CT molecular complexity index is 1090. The molecule has 2 aromatic rings. The van der Waals surface area contributed by atoms with Crippen molar-refractivity contribution < 1.29 is 28.2 Å². The summed E-state index contributed by atoms with van der Waals surface area (Å²) in [5.74, 6) is -1.19. The van der Waals surface area contributed by atoms with Crippen molar-refractivity contribution in [2.24, 2.45) is 5.41 Å². The maximum Gasteiger partial charge on any atom is 0.335 e. The Kier molecular flexibility index (Phi) is 4.44. The summed E-state index contributed by atoms with van der Waals surface area (Å²) in [7, 11) is 1.51. The topological polar surface area (TPSA) is 88.2 Å². The molecule has 0 aliphatic carbocycles. The van der Waals surface area contributed by atoms with E-state index in [1.54, 1.807) is 41.3 Å². The van der Waals surface area contributed by atoms with Crippen molar-refractivity contribution in [1.82, 2.24) is 5.32 Å². The van der Waals surface area contributed by atoms with E-state index < -0.39 is 35.1 Å². The standard InChI is InChI=1S/C22H20FN3O5/c1-30-15-7-5-14(6-8-15)26-20(28)22(19(27)24-21(26)29)11-13-3-2-4-16(23)18(13)25-9-10-31-12-17(22)25/h2-8,17H,9-12H2,1H3,(H,24,27,29)/t17-,22-/m0/s1. The minimum Gasteiger partial charge on any atom is -0.497 e. The van der Waals surface area contributed by atoms with Gasteiger partial charge in [0.2, 0.25) is 5.91 Å². The predicted molar refractivity (Wildman–Crippen MR) is 109 cm³/mol. The van der Waals surface area contributed by atoms with Gasteiger partial charge in [-0.05, 0) is 35.9 Å². The van der Waals surface area contributed by atoms with Gasteiger partial charge in [0, 0.05) is 13.0 Å². The quantitative estimate of drug-likeness (QED) is 0.739. The molecule has 5 rings (SSSR count). The van der Waals surface area contributed by atoms with E-state index in [0.29, 0.717) is 35.8 Å². The van der Waals surface area contributed by atoms with Crippen molar-refractivity contribution >= 4 is 29.2 Å². The Morgan fingerprint density at radius 3 is 2.68 bits per heavy atom. The highest BCUT2D eigenvalue weighted by Gasteiger charge is 2.63. The Balaban J connectivity index is 1.64. The third kappa shape index (κ3) is 2.73. The molecule has 9 heteroatoms. The molecule has 2 aromatic carbocycles. The van der Waals surface area contributed by atoms with Crippen LogP contribution in [0.4, 0.5) is 20.6 Å². The third-order valence-corrected chi connectivity index (χ3v) is 6.27. The third-order valence-electron chi connectivity index (χ3n) is 6.27. The van der Waals surface area contributed by atoms with Gasteiger partial charge in [0.15, 0.2) is 5.41 Å². The number of ether oxygens (including phenoxy) is 2. The molecular formula is C22H20FN3O5. The van der Waals surface area contributed by atoms with Crippen LogP contribution in [0, 0.1) is 11.2 Å². The number of imide groups is 2. The molecule has 3 aliphatic rings. The number of amides is 4. The van der Waals surface area contributed by atoms with E-state index in [4.69, 9.17) is 9.47 Å². The molecule has 0 unspecified atom stereocenters. The number of morpholine rings is 1. The van der Waals surface area contributed by atoms with E-state index in [1.165, 1.54) is 13.2 Å². The molecule has 4 amide bonds. The van der Waals surface area contributed by atoms with Gasteiger partial charge in [0.05, 0.1) is 37.7 Å². The van der Waals surface area contributed by atoms with Gasteiger partial charge in [0.1, 0.15) is 11.6 Å². The first-order valence-electron chi connectivity index (χ1n) is 9.93. The monoisotopic (exact) mass is 425 g/mol. The fourth-order valence-corrected chi connectivity index (χ4v) is 4.79. The molecule has 2 fully saturated rings. The van der Waals surface area contributed by atoms with Crippen molar-refractivity contribution in [3.63, 3.8) is 0 Å². The molecule has 3 aliphatic heterocycles. The average molecular weight is 425 g/mol. The van der Waals surface area contributed by atoms with E-state index in [0.717, 1.165) is 4.90 Å². The van der Waals surface area contributed by atoms with Crippen molar-refractivity contribution in [3.8, 4) is 5.75 Å². The summed E-state index contributed by atoms with van der Waals surface area (Å²) < 4.78 is 25.5. The van der Waals surface area contributed by atoms with Gasteiger partial charge in [-0.25, -0.2) is 14.1 Å². The summed E-state index contributed by atoms with van der Waals surface area (Å²) in [5.41, 5.74) is -0.390. The highest BCUT2D eigenvalue weighted by atomic mass is 19.1. The summed E-state index contributed by atoms with van der Waals surface area (Å²) in [6, 6.07) is 9.46. The number of para-hydroxylation sites is 1. The number of carbonyl (C=O) groups excluding carboxylic acids is 3. The fraction of sp³-hybridized carbons (Fsp3) is 0.318. The summed E-state index contributed by atoms with van der Waals surface area (Å²) in [4.78, 5) is 42.5. The molecule has 2 atom stereocenters. The first kappa shape index (κ1) is 19.5. The molecule has 160 valence electrons. The molecular weight excluding hydrogens is 405 g/mol. The van der Waals surface area contributed by atoms with Crippen LogP contribution in [0.25, 0.3) is 0 Å². The number of rotatable bonds is 2. The lowest BCUT2D eigenvalue weighted by molar-refractivity contribution is -0.147. The zero-order chi connectivity index (χ0) is 21.8. The average Bonchev–Trinajstić information content (AvgIpc) is 2.78. The number of nitrogens with one attached hydrogen (secondary N) is 1. The molecule has 0 radical (unpaired) electrons. The molecule has 0 bridgehead atoms. The second-order valence-corrected chi connectivity index (χ2v) is 7.78. The van der Waals surface area contributed by atoms with Gasteiger partial charge in [0.25, 0.3) is 5.91 Å². The summed E-state index contributed by atoms with van der Waals surface area (Å²) in [6.45, 7) is 0.742. The molecule has 0 saturated carbocycles. The predicted octanol–water partition coefficient (Wildman–Crippen LogP) is 1.86. The Labute approximate surface area is 177 Å². The van der Waals surface area contributed by atoms with Crippen LogP contribution < -0.4 is 19.9 Å². The van der Waals surface area contributed by atoms with E-state index >= 15 is 0 Å². The molecule has 1 spiro atoms. The van der Waals surface area contributed by atoms with Crippen molar-refractivity contribution in [2.45, 2.75) is 12.5 Å². The number of hydrogen-bond acceptors (Lipinski definition) is 6. The van der Waals surface area contributed by atoms with Crippen LogP contribution in [0.5, 0.6) is 5.75 Å². The van der Waals surface area contributed by atoms with Gasteiger partial charge < -0.3 is 14.4 Å². The number of fused-ring (bicyclic) bond motifs is 4. The van der Waals surface area contributed by atoms with Crippen LogP contribution in [-0.4, -0.2) is 50.8 Å². The lowest BCUT2D eigenvalue weighted by Gasteiger charge is -2.53. The lowest BCUT2D eigenvalue weighted by Crippen LogP contribution is -2.74. The maximum atomic E-state index is 14.7. The van der Waals surface area contributed by atoms with Gasteiger partial charge >= 0.3 is 6.03 Å². The van der Waals surface area contributed by atoms with Crippen LogP contribution >= 0.6 is 0 Å². The van der Waals surface area contributed by atoms with E-state index in [-0.39, 0.29) is 13.0 Å². The first-order chi connectivity index (χ1) is 15.0. The van der Waals surface area contributed by atoms with Crippen LogP contribution in [0.1, 0.15) is 5.56 Å². The SMILES string of the molecule is COc1ccc(N2C(=O)NC(=O)[C@@]3(Cc4cccc(F)c4N4CCOC[C@H]43)C2=O)cc1. The zero-order valence-corrected chi connectivity index (χ0v) is 16.8. The van der Waals surface area contributed by atoms with Crippen LogP contribution in [-0.2, 0) is 20.7 Å². The van der Waals surface area contributed by atoms with Crippen LogP contribution in [0.3, 0.4) is 0 Å². The minimum absolute atomic E-state index is 0.0325. The minimum atomic E-state index is -1.63. The number of halogens is 1. The number of hydrogen-bond donors (Lipinski definition) is 1. The summed E-state index contributed by atoms with van der Waals surface area (Å²) in [5, 5.41) is 2.35. The van der Waals surface area contributed by atoms with Crippen molar-refractivity contribution in [2.75, 3.05) is 36.7 Å². The lowest BCUT2D eigenvalue weighted by atomic mass is 9.68. The molecule has 8 nitrogen and oxygen atoms in total. The van der Waals surface area contributed by atoms with Crippen LogP contribution in [0.2, 0.25) is 0 Å². The first-order valence-corrected chi connectivity index (χ1v) is 9.93. The molecule has 3 heterocycles. The molecule has 2 saturated heterocycles. The van der Waals surface area contributed by atoms with E-state index in [2.05, 4.69) is 5.32 Å². The normalized spacial score (nSPS) is 25.2. The van der Waals surface area contributed by atoms with Crippen molar-refractivity contribution in [1.29, 1.82) is 0 Å². The van der Waals surface area contributed by atoms with E-state index in [9.17, 15) is 18.8 Å². The highest BCUT2D eigenvalue weighted by molar-refractivity contribution is 6.30. The molecule has 31 heavy (non-hydrogen) atoms. The highest BCUT2D eigenvalue weighted by Crippen LogP contribution is 2.46. The number of barbiturate groups is 1. The number of carbonyl (C=O) groups is 3. The van der Waals surface area contributed by atoms with Gasteiger partial charge in [-0.2, -0.15) is 0 Å². The van der Waals surface area contributed by atoms with Crippen LogP contribution in [0.15, 0.2) is 42.5 Å². The van der Waals surface area contributed by atoms with Gasteiger partial charge in [-0.1, -0.05) is 12.1 Å². The van der Waals surface area contributed by atoms with E-state index in [1.807, 2.05) is 0 Å². The number of benzene rings is 2. The summed E-state index contributed by atoms with van der Waals surface area (Å²) >= 11 is 0. The summed E-state index contributed by atoms with van der Waals surface area (Å²) in [6.07, 6.45) is -0.0325. The Morgan fingerprint density at radius 2 is 1.94 bits per heavy atom. The number of methoxy groups -OCH3 is 1. The smallest absolute Gasteiger partial charge is 0.335 e. The zero-order valence-electron chi connectivity index (χ0n) is 16.8.